The molecule has 0 amide bonds. The van der Waals surface area contributed by atoms with Crippen LogP contribution >= 0.6 is 0 Å². The van der Waals surface area contributed by atoms with Crippen LogP contribution in [0.4, 0.5) is 5.82 Å². The zero-order valence-corrected chi connectivity index (χ0v) is 9.21. The minimum absolute atomic E-state index is 0.893. The maximum absolute atomic E-state index is 4.32. The van der Waals surface area contributed by atoms with Gasteiger partial charge in [-0.15, -0.1) is 0 Å². The van der Waals surface area contributed by atoms with Crippen molar-refractivity contribution in [3.05, 3.63) is 17.6 Å². The van der Waals surface area contributed by atoms with Crippen molar-refractivity contribution in [3.8, 4) is 0 Å². The van der Waals surface area contributed by atoms with Crippen LogP contribution in [0.2, 0.25) is 0 Å². The molecule has 1 aromatic rings. The van der Waals surface area contributed by atoms with Crippen molar-refractivity contribution < 1.29 is 0 Å². The first-order chi connectivity index (χ1) is 7.42. The molecule has 2 rings (SSSR count). The van der Waals surface area contributed by atoms with Gasteiger partial charge in [0.15, 0.2) is 0 Å². The smallest absolute Gasteiger partial charge is 0.134 e. The van der Waals surface area contributed by atoms with E-state index in [9.17, 15) is 0 Å². The predicted molar refractivity (Wildman–Crippen MR) is 60.8 cm³/mol. The lowest BCUT2D eigenvalue weighted by Crippen LogP contribution is -2.26. The van der Waals surface area contributed by atoms with Crippen LogP contribution in [0.1, 0.15) is 31.0 Å². The van der Waals surface area contributed by atoms with Crippen molar-refractivity contribution in [1.29, 1.82) is 0 Å². The van der Waals surface area contributed by atoms with E-state index in [4.69, 9.17) is 0 Å². The van der Waals surface area contributed by atoms with Gasteiger partial charge < -0.3 is 10.6 Å². The highest BCUT2D eigenvalue weighted by molar-refractivity contribution is 5.46. The summed E-state index contributed by atoms with van der Waals surface area (Å²) < 4.78 is 0. The molecule has 1 aliphatic heterocycles. The molecule has 0 spiro atoms. The maximum atomic E-state index is 4.32. The number of aromatic nitrogens is 2. The van der Waals surface area contributed by atoms with E-state index in [0.717, 1.165) is 31.9 Å². The minimum Gasteiger partial charge on any atom is -0.370 e. The second kappa shape index (κ2) is 5.07. The number of unbranched alkanes of at least 4 members (excludes halogenated alkanes) is 1. The van der Waals surface area contributed by atoms with Gasteiger partial charge in [-0.05, 0) is 6.42 Å². The molecule has 82 valence electrons. The molecule has 4 heteroatoms. The number of hydrogen-bond acceptors (Lipinski definition) is 4. The fraction of sp³-hybridized carbons (Fsp3) is 0.636. The van der Waals surface area contributed by atoms with E-state index >= 15 is 0 Å². The van der Waals surface area contributed by atoms with Crippen LogP contribution in [-0.2, 0) is 13.0 Å². The SMILES string of the molecule is CCCCNc1ncnc2c1CNCC2. The van der Waals surface area contributed by atoms with E-state index in [-0.39, 0.29) is 0 Å². The highest BCUT2D eigenvalue weighted by Gasteiger charge is 2.14. The molecule has 0 saturated heterocycles. The molecule has 0 aromatic carbocycles. The van der Waals surface area contributed by atoms with Gasteiger partial charge in [0.25, 0.3) is 0 Å². The van der Waals surface area contributed by atoms with E-state index in [1.807, 2.05) is 0 Å². The van der Waals surface area contributed by atoms with E-state index in [2.05, 4.69) is 27.5 Å². The summed E-state index contributed by atoms with van der Waals surface area (Å²) in [4.78, 5) is 8.62. The zero-order valence-electron chi connectivity index (χ0n) is 9.21. The van der Waals surface area contributed by atoms with Crippen molar-refractivity contribution in [2.75, 3.05) is 18.4 Å². The second-order valence-electron chi connectivity index (χ2n) is 3.85. The number of hydrogen-bond donors (Lipinski definition) is 2. The zero-order chi connectivity index (χ0) is 10.5. The Morgan fingerprint density at radius 1 is 1.47 bits per heavy atom. The summed E-state index contributed by atoms with van der Waals surface area (Å²) in [6, 6.07) is 0. The fourth-order valence-corrected chi connectivity index (χ4v) is 1.81. The van der Waals surface area contributed by atoms with E-state index in [0.29, 0.717) is 0 Å². The average Bonchev–Trinajstić information content (AvgIpc) is 2.30. The molecule has 2 heterocycles. The maximum Gasteiger partial charge on any atom is 0.134 e. The topological polar surface area (TPSA) is 49.8 Å². The second-order valence-corrected chi connectivity index (χ2v) is 3.85. The number of fused-ring (bicyclic) bond motifs is 1. The van der Waals surface area contributed by atoms with Gasteiger partial charge in [0.1, 0.15) is 12.1 Å². The van der Waals surface area contributed by atoms with Gasteiger partial charge in [0, 0.05) is 31.6 Å². The first-order valence-electron chi connectivity index (χ1n) is 5.69. The molecule has 1 aromatic heterocycles. The third-order valence-corrected chi connectivity index (χ3v) is 2.70. The molecule has 0 atom stereocenters. The molecule has 0 bridgehead atoms. The van der Waals surface area contributed by atoms with E-state index < -0.39 is 0 Å². The predicted octanol–water partition coefficient (Wildman–Crippen LogP) is 1.33. The summed E-state index contributed by atoms with van der Waals surface area (Å²) in [6.07, 6.45) is 5.07. The summed E-state index contributed by atoms with van der Waals surface area (Å²) in [5.41, 5.74) is 2.45. The third-order valence-electron chi connectivity index (χ3n) is 2.70. The van der Waals surface area contributed by atoms with Gasteiger partial charge in [-0.3, -0.25) is 0 Å². The van der Waals surface area contributed by atoms with Crippen molar-refractivity contribution in [3.63, 3.8) is 0 Å². The minimum atomic E-state index is 0.893. The Balaban J connectivity index is 2.09. The molecule has 2 N–H and O–H groups in total. The molecule has 1 aliphatic rings. The van der Waals surface area contributed by atoms with Crippen LogP contribution in [0.3, 0.4) is 0 Å². The lowest BCUT2D eigenvalue weighted by atomic mass is 10.1. The van der Waals surface area contributed by atoms with Crippen LogP contribution in [-0.4, -0.2) is 23.1 Å². The molecular weight excluding hydrogens is 188 g/mol. The molecule has 0 aliphatic carbocycles. The van der Waals surface area contributed by atoms with Crippen LogP contribution in [0.5, 0.6) is 0 Å². The number of anilines is 1. The van der Waals surface area contributed by atoms with Crippen LogP contribution < -0.4 is 10.6 Å². The Bertz CT molecular complexity index is 324. The summed E-state index contributed by atoms with van der Waals surface area (Å²) in [7, 11) is 0. The van der Waals surface area contributed by atoms with Gasteiger partial charge in [-0.1, -0.05) is 13.3 Å². The quantitative estimate of drug-likeness (QED) is 0.730. The van der Waals surface area contributed by atoms with Crippen molar-refractivity contribution in [2.45, 2.75) is 32.7 Å². The van der Waals surface area contributed by atoms with Gasteiger partial charge >= 0.3 is 0 Å². The van der Waals surface area contributed by atoms with Gasteiger partial charge in [-0.25, -0.2) is 9.97 Å². The lowest BCUT2D eigenvalue weighted by Gasteiger charge is -2.18. The van der Waals surface area contributed by atoms with Crippen molar-refractivity contribution >= 4 is 5.82 Å². The first kappa shape index (κ1) is 10.4. The van der Waals surface area contributed by atoms with Crippen LogP contribution in [0.25, 0.3) is 0 Å². The molecule has 4 nitrogen and oxygen atoms in total. The van der Waals surface area contributed by atoms with Crippen LogP contribution in [0, 0.1) is 0 Å². The van der Waals surface area contributed by atoms with E-state index in [1.165, 1.54) is 24.1 Å². The summed E-state index contributed by atoms with van der Waals surface area (Å²) >= 11 is 0. The molecule has 0 fully saturated rings. The molecule has 0 saturated carbocycles. The largest absolute Gasteiger partial charge is 0.370 e. The summed E-state index contributed by atoms with van der Waals surface area (Å²) in [6.45, 7) is 5.11. The van der Waals surface area contributed by atoms with Gasteiger partial charge in [0.05, 0.1) is 5.69 Å². The molecule has 0 radical (unpaired) electrons. The highest BCUT2D eigenvalue weighted by Crippen LogP contribution is 2.18. The summed E-state index contributed by atoms with van der Waals surface area (Å²) in [5.74, 6) is 1.01. The van der Waals surface area contributed by atoms with Crippen molar-refractivity contribution in [1.82, 2.24) is 15.3 Å². The first-order valence-corrected chi connectivity index (χ1v) is 5.69. The highest BCUT2D eigenvalue weighted by atomic mass is 15.0. The Morgan fingerprint density at radius 2 is 2.40 bits per heavy atom. The lowest BCUT2D eigenvalue weighted by molar-refractivity contribution is 0.626. The Morgan fingerprint density at radius 3 is 3.27 bits per heavy atom. The molecule has 0 unspecified atom stereocenters. The number of nitrogens with one attached hydrogen (secondary N) is 2. The normalized spacial score (nSPS) is 14.7. The summed E-state index contributed by atoms with van der Waals surface area (Å²) in [5, 5.41) is 6.73. The molecular formula is C11H18N4. The van der Waals surface area contributed by atoms with Crippen molar-refractivity contribution in [2.24, 2.45) is 0 Å². The van der Waals surface area contributed by atoms with Gasteiger partial charge in [0.2, 0.25) is 0 Å². The third kappa shape index (κ3) is 2.45. The standard InChI is InChI=1S/C11H18N4/c1-2-3-5-13-11-9-7-12-6-4-10(9)14-8-15-11/h8,12H,2-7H2,1H3,(H,13,14,15). The Labute approximate surface area is 90.5 Å². The Hall–Kier alpha value is -1.16. The number of nitrogens with zero attached hydrogens (tertiary/aromatic N) is 2. The van der Waals surface area contributed by atoms with Gasteiger partial charge in [-0.2, -0.15) is 0 Å². The average molecular weight is 206 g/mol. The fourth-order valence-electron chi connectivity index (χ4n) is 1.81. The Kier molecular flexibility index (Phi) is 3.50. The monoisotopic (exact) mass is 206 g/mol. The van der Waals surface area contributed by atoms with Crippen LogP contribution in [0.15, 0.2) is 6.33 Å². The van der Waals surface area contributed by atoms with E-state index in [1.54, 1.807) is 6.33 Å². The molecule has 15 heavy (non-hydrogen) atoms. The number of rotatable bonds is 4.